The Morgan fingerprint density at radius 2 is 1.08 bits per heavy atom. The van der Waals surface area contributed by atoms with Gasteiger partial charge in [0.2, 0.25) is 88.6 Å². The molecule has 5 aromatic rings. The number of anilines is 1. The van der Waals surface area contributed by atoms with Gasteiger partial charge in [-0.05, 0) is 86.9 Å². The number of halogens is 1. The van der Waals surface area contributed by atoms with Gasteiger partial charge in [-0.2, -0.15) is 0 Å². The number of aliphatic hydroxyl groups excluding tert-OH is 1. The molecule has 0 radical (unpaired) electrons. The summed E-state index contributed by atoms with van der Waals surface area (Å²) in [4.78, 5) is 296. The molecule has 0 bridgehead atoms. The average molecular weight is 1820 g/mol. The van der Waals surface area contributed by atoms with Crippen molar-refractivity contribution in [3.05, 3.63) is 102 Å². The molecule has 0 aliphatic carbocycles. The van der Waals surface area contributed by atoms with Gasteiger partial charge in [-0.15, -0.1) is 0 Å². The third-order valence-electron chi connectivity index (χ3n) is 20.6. The summed E-state index contributed by atoms with van der Waals surface area (Å²) in [5, 5.41) is 81.9. The van der Waals surface area contributed by atoms with Crippen molar-refractivity contribution in [3.63, 3.8) is 0 Å². The standard InChI is InChI=1S/C83H110FN19O27/c1-5-6-7-8-9-10-11-25-62(107)95-53(29-43-35-89-50-22-15-13-18-45(43)50)77(123)98-54(31-61(87)106)78(124)100-57(34-68(116)117)79(125)103-71-42(4)130-83(129)58(30-60(105)46-19-12-14-21-48(46)85)101-82(128)70(40(2)27-65(110)111)102-80(126)59(39-104)96-64(109)37-91-74(120)55(32-66(112)113)97-72(118)41(3)93-76(122)56(33-67(114)115)99-75(121)52(94-63(108)38-92-81(71)127)24-17-26-88-73(119)49(86)28-44-36-90-51-23-16-20-47(84)69(44)51/h12-16,18-23,35-36,40-42,49,52-59,70-71,89-90,104H,5-11,17,24-34,37-39,85-86H2,1-4H3,(H2,87,106)(H,88,119)(H,91,120)(H,92,127)(H,93,122)(H,94,108)(H,95,107)(H,96,109)(H,97,118)(H,98,123)(H,99,121)(H,100,124)(H,101,128)(H,102,126)(H,103,125)(H,110,111)(H,112,113)(H,114,115)(H,116,117). The highest BCUT2D eigenvalue weighted by atomic mass is 19.1. The number of hydrogen-bond donors (Lipinski definition) is 24. The molecule has 1 saturated heterocycles. The topological polar surface area (TPSA) is 747 Å². The van der Waals surface area contributed by atoms with E-state index >= 15 is 9.59 Å². The van der Waals surface area contributed by atoms with Gasteiger partial charge in [0, 0.05) is 71.3 Å². The molecule has 6 rings (SSSR count). The predicted octanol–water partition coefficient (Wildman–Crippen LogP) is -4.27. The SMILES string of the molecule is CCCCCCCCCC(=O)NC(Cc1c[nH]c2ccccc12)C(=O)NC(CC(N)=O)C(=O)NC(CC(=O)O)C(=O)NC1C(=O)NCC(=O)NC(CCCNC(=O)C(N)Cc2c[nH]c3cccc(F)c23)C(=O)NC(CC(=O)O)C(=O)NC(C)C(=O)NC(CC(=O)O)C(=O)NCC(=O)NC(CO)C(=O)NC(C(C)CC(=O)O)C(=O)NC(CC(=O)c2ccccc2N)C(=O)OC1C. The lowest BCUT2D eigenvalue weighted by molar-refractivity contribution is -0.156. The second kappa shape index (κ2) is 51.3. The van der Waals surface area contributed by atoms with E-state index in [4.69, 9.17) is 21.9 Å². The van der Waals surface area contributed by atoms with Crippen LogP contribution in [-0.2, 0) is 113 Å². The number of para-hydroxylation sites is 2. The zero-order valence-corrected chi connectivity index (χ0v) is 71.5. The minimum atomic E-state index is -2.52. The Balaban J connectivity index is 1.43. The van der Waals surface area contributed by atoms with E-state index in [1.165, 1.54) is 42.6 Å². The average Bonchev–Trinajstić information content (AvgIpc) is 1.80. The number of primary amides is 1. The number of carbonyl (C=O) groups is 21. The van der Waals surface area contributed by atoms with Crippen molar-refractivity contribution in [1.29, 1.82) is 0 Å². The lowest BCUT2D eigenvalue weighted by atomic mass is 9.96. The number of H-pyrrole nitrogens is 2. The van der Waals surface area contributed by atoms with Gasteiger partial charge in [0.05, 0.1) is 57.8 Å². The molecule has 1 aliphatic rings. The van der Waals surface area contributed by atoms with Crippen molar-refractivity contribution in [1.82, 2.24) is 84.4 Å². The molecule has 14 atom stereocenters. The fourth-order valence-electron chi connectivity index (χ4n) is 13.8. The summed E-state index contributed by atoms with van der Waals surface area (Å²) in [5.41, 5.74) is 19.3. The Kier molecular flexibility index (Phi) is 41.1. The van der Waals surface area contributed by atoms with Crippen LogP contribution in [0.1, 0.15) is 152 Å². The minimum absolute atomic E-state index is 0.0398. The third kappa shape index (κ3) is 33.3. The quantitative estimate of drug-likeness (QED) is 0.00766. The van der Waals surface area contributed by atoms with E-state index in [1.807, 2.05) is 16.0 Å². The number of nitrogens with one attached hydrogen (secondary N) is 16. The van der Waals surface area contributed by atoms with E-state index in [9.17, 15) is 121 Å². The zero-order chi connectivity index (χ0) is 96.2. The van der Waals surface area contributed by atoms with Crippen LogP contribution in [0.25, 0.3) is 21.8 Å². The number of carboxylic acid groups (broad SMARTS) is 4. The number of Topliss-reactive ketones (excluding diaryl/α,β-unsaturated/α-hetero) is 1. The molecular formula is C83H110FN19O27. The summed E-state index contributed by atoms with van der Waals surface area (Å²) in [5.74, 6) is -32.1. The lowest BCUT2D eigenvalue weighted by Gasteiger charge is -2.30. The number of esters is 1. The van der Waals surface area contributed by atoms with Crippen LogP contribution in [0.4, 0.5) is 10.1 Å². The Hall–Kier alpha value is -14.5. The summed E-state index contributed by atoms with van der Waals surface area (Å²) in [6, 6.07) is -8.54. The van der Waals surface area contributed by atoms with Crippen molar-refractivity contribution in [2.24, 2.45) is 17.4 Å². The maximum absolute atomic E-state index is 15.0. The van der Waals surface area contributed by atoms with Gasteiger partial charge in [0.1, 0.15) is 78.4 Å². The number of nitrogen functional groups attached to an aromatic ring is 1. The Morgan fingerprint density at radius 1 is 0.531 bits per heavy atom. The molecule has 46 nitrogen and oxygen atoms in total. The molecule has 1 fully saturated rings. The molecular weight excluding hydrogens is 1710 g/mol. The van der Waals surface area contributed by atoms with Crippen LogP contribution in [0.3, 0.4) is 0 Å². The number of carbonyl (C=O) groups excluding carboxylic acids is 17. The van der Waals surface area contributed by atoms with Crippen LogP contribution in [0.15, 0.2) is 79.1 Å². The number of aromatic nitrogens is 2. The Labute approximate surface area is 741 Å². The van der Waals surface area contributed by atoms with Crippen molar-refractivity contribution < 1.29 is 135 Å². The molecule has 1 aliphatic heterocycles. The second-order valence-corrected chi connectivity index (χ2v) is 31.0. The van der Waals surface area contributed by atoms with Gasteiger partial charge < -0.3 is 132 Å². The van der Waals surface area contributed by atoms with Crippen LogP contribution in [0, 0.1) is 11.7 Å². The van der Waals surface area contributed by atoms with Crippen molar-refractivity contribution in [2.45, 2.75) is 222 Å². The largest absolute Gasteiger partial charge is 0.481 e. The van der Waals surface area contributed by atoms with E-state index in [0.717, 1.165) is 52.9 Å². The fourth-order valence-corrected chi connectivity index (χ4v) is 13.8. The van der Waals surface area contributed by atoms with Gasteiger partial charge in [0.15, 0.2) is 5.78 Å². The van der Waals surface area contributed by atoms with Crippen LogP contribution in [-0.4, -0.2) is 265 Å². The monoisotopic (exact) mass is 1820 g/mol. The van der Waals surface area contributed by atoms with E-state index < -0.39 is 279 Å². The summed E-state index contributed by atoms with van der Waals surface area (Å²) in [6.07, 6.45) is -2.06. The van der Waals surface area contributed by atoms with Gasteiger partial charge in [0.25, 0.3) is 0 Å². The predicted molar refractivity (Wildman–Crippen MR) is 454 cm³/mol. The first-order valence-corrected chi connectivity index (χ1v) is 41.6. The second-order valence-electron chi connectivity index (χ2n) is 31.0. The molecule has 2 aromatic heterocycles. The first-order chi connectivity index (χ1) is 61.6. The summed E-state index contributed by atoms with van der Waals surface area (Å²) in [6.45, 7) is 0.664. The maximum atomic E-state index is 15.0. The molecule has 14 unspecified atom stereocenters. The van der Waals surface area contributed by atoms with Gasteiger partial charge in [-0.3, -0.25) is 95.9 Å². The number of nitrogens with two attached hydrogens (primary N) is 3. The zero-order valence-electron chi connectivity index (χ0n) is 71.5. The highest BCUT2D eigenvalue weighted by Gasteiger charge is 2.42. The molecule has 130 heavy (non-hydrogen) atoms. The first kappa shape index (κ1) is 104. The number of aliphatic carboxylic acids is 4. The highest BCUT2D eigenvalue weighted by Crippen LogP contribution is 2.25. The number of aliphatic hydroxyl groups is 1. The number of ether oxygens (including phenoxy) is 1. The molecule has 15 amide bonds. The summed E-state index contributed by atoms with van der Waals surface area (Å²) >= 11 is 0. The van der Waals surface area contributed by atoms with Gasteiger partial charge >= 0.3 is 29.8 Å². The number of rotatable bonds is 39. The maximum Gasteiger partial charge on any atom is 0.329 e. The molecule has 0 saturated carbocycles. The number of amides is 15. The van der Waals surface area contributed by atoms with E-state index in [-0.39, 0.29) is 48.9 Å². The minimum Gasteiger partial charge on any atom is -0.481 e. The van der Waals surface area contributed by atoms with E-state index in [2.05, 4.69) is 75.4 Å². The molecule has 27 N–H and O–H groups in total. The molecule has 706 valence electrons. The van der Waals surface area contributed by atoms with Crippen LogP contribution in [0.2, 0.25) is 0 Å². The number of hydrogen-bond acceptors (Lipinski definition) is 25. The highest BCUT2D eigenvalue weighted by molar-refractivity contribution is 6.05. The van der Waals surface area contributed by atoms with Gasteiger partial charge in [-0.25, -0.2) is 9.18 Å². The molecule has 0 spiro atoms. The van der Waals surface area contributed by atoms with Crippen molar-refractivity contribution in [2.75, 3.05) is 32.0 Å². The Bertz CT molecular complexity index is 4980. The number of unbranched alkanes of at least 4 members (excludes halogenated alkanes) is 6. The summed E-state index contributed by atoms with van der Waals surface area (Å²) in [7, 11) is 0. The number of carboxylic acids is 4. The number of aromatic amines is 2. The third-order valence-corrected chi connectivity index (χ3v) is 20.6. The van der Waals surface area contributed by atoms with Crippen molar-refractivity contribution >= 4 is 152 Å². The first-order valence-electron chi connectivity index (χ1n) is 41.6. The number of fused-ring (bicyclic) bond motifs is 2. The fraction of sp³-hybridized carbons (Fsp3) is 0.482. The lowest BCUT2D eigenvalue weighted by Crippen LogP contribution is -2.62. The molecule has 3 heterocycles. The normalized spacial score (nSPS) is 20.3. The molecule has 47 heteroatoms. The van der Waals surface area contributed by atoms with E-state index in [0.29, 0.717) is 40.4 Å². The summed E-state index contributed by atoms with van der Waals surface area (Å²) < 4.78 is 20.7. The Morgan fingerprint density at radius 3 is 1.72 bits per heavy atom. The number of ketones is 1. The van der Waals surface area contributed by atoms with Crippen LogP contribution in [0.5, 0.6) is 0 Å². The van der Waals surface area contributed by atoms with Crippen LogP contribution < -0.4 is 91.6 Å². The molecule has 3 aromatic carbocycles. The van der Waals surface area contributed by atoms with E-state index in [1.54, 1.807) is 36.5 Å². The van der Waals surface area contributed by atoms with Gasteiger partial charge in [-0.1, -0.05) is 88.8 Å². The number of benzene rings is 3. The van der Waals surface area contributed by atoms with Crippen molar-refractivity contribution in [3.8, 4) is 0 Å². The van der Waals surface area contributed by atoms with Crippen LogP contribution >= 0.6 is 0 Å². The number of cyclic esters (lactones) is 1. The smallest absolute Gasteiger partial charge is 0.329 e.